The summed E-state index contributed by atoms with van der Waals surface area (Å²) >= 11 is 1.55. The Hall–Kier alpha value is 0.550. The van der Waals surface area contributed by atoms with Gasteiger partial charge in [0.2, 0.25) is 0 Å². The van der Waals surface area contributed by atoms with Gasteiger partial charge in [0.1, 0.15) is 5.97 Å². The van der Waals surface area contributed by atoms with Crippen LogP contribution in [0.1, 0.15) is 0 Å². The van der Waals surface area contributed by atoms with Gasteiger partial charge in [-0.05, 0) is 15.9 Å². The van der Waals surface area contributed by atoms with Gasteiger partial charge in [-0.1, -0.05) is 0 Å². The third kappa shape index (κ3) is 4.70. The van der Waals surface area contributed by atoms with Crippen molar-refractivity contribution in [3.8, 4) is 0 Å². The number of hydrogen-bond acceptors (Lipinski definition) is 2. The van der Waals surface area contributed by atoms with Crippen LogP contribution in [0.2, 0.25) is 0 Å². The van der Waals surface area contributed by atoms with Crippen molar-refractivity contribution < 1.29 is 41.1 Å². The fourth-order valence-corrected chi connectivity index (χ4v) is 0. The number of carbonyl (C=O) groups is 1. The largest absolute Gasteiger partial charge is 1.00 e. The van der Waals surface area contributed by atoms with Gasteiger partial charge in [0.25, 0.3) is 0 Å². The monoisotopic (exact) mass is 280 g/mol. The van der Waals surface area contributed by atoms with E-state index in [0.29, 0.717) is 0 Å². The van der Waals surface area contributed by atoms with Crippen molar-refractivity contribution in [2.75, 3.05) is 0 Å². The molecule has 0 unspecified atom stereocenters. The molecule has 0 rings (SSSR count). The molecule has 0 aromatic heterocycles. The molecular formula is C2AgBrF2O2. The van der Waals surface area contributed by atoms with Gasteiger partial charge in [-0.25, -0.2) is 0 Å². The van der Waals surface area contributed by atoms with E-state index < -0.39 is 10.8 Å². The SMILES string of the molecule is O=C([O-])C(F)(F)Br.[Ag+]. The van der Waals surface area contributed by atoms with Crippen LogP contribution < -0.4 is 5.11 Å². The molecule has 0 saturated heterocycles. The van der Waals surface area contributed by atoms with E-state index in [9.17, 15) is 8.78 Å². The van der Waals surface area contributed by atoms with E-state index in [1.807, 2.05) is 0 Å². The van der Waals surface area contributed by atoms with Crippen LogP contribution in [-0.4, -0.2) is 10.8 Å². The Morgan fingerprint density at radius 3 is 1.75 bits per heavy atom. The van der Waals surface area contributed by atoms with E-state index in [-0.39, 0.29) is 22.4 Å². The molecule has 0 aromatic carbocycles. The van der Waals surface area contributed by atoms with E-state index in [1.54, 1.807) is 15.9 Å². The first kappa shape index (κ1) is 11.4. The Morgan fingerprint density at radius 1 is 1.62 bits per heavy atom. The van der Waals surface area contributed by atoms with Crippen molar-refractivity contribution in [2.45, 2.75) is 4.83 Å². The molecule has 0 aromatic rings. The Labute approximate surface area is 67.9 Å². The number of carbonyl (C=O) groups excluding carboxylic acids is 1. The summed E-state index contributed by atoms with van der Waals surface area (Å²) in [6.45, 7) is 0. The first-order valence-electron chi connectivity index (χ1n) is 1.23. The van der Waals surface area contributed by atoms with Gasteiger partial charge in [0.05, 0.1) is 0 Å². The minimum absolute atomic E-state index is 0. The molecule has 0 aliphatic heterocycles. The predicted octanol–water partition coefficient (Wildman–Crippen LogP) is -0.279. The summed E-state index contributed by atoms with van der Waals surface area (Å²) in [5, 5.41) is 9.11. The molecule has 52 valence electrons. The Bertz CT molecular complexity index is 90.5. The quantitative estimate of drug-likeness (QED) is 0.490. The Morgan fingerprint density at radius 2 is 1.75 bits per heavy atom. The van der Waals surface area contributed by atoms with Gasteiger partial charge >= 0.3 is 27.2 Å². The van der Waals surface area contributed by atoms with Crippen LogP contribution in [0.15, 0.2) is 0 Å². The zero-order valence-corrected chi connectivity index (χ0v) is 6.32. The van der Waals surface area contributed by atoms with Gasteiger partial charge in [0, 0.05) is 0 Å². The van der Waals surface area contributed by atoms with Crippen LogP contribution in [0.25, 0.3) is 0 Å². The van der Waals surface area contributed by atoms with Crippen LogP contribution in [0.5, 0.6) is 0 Å². The van der Waals surface area contributed by atoms with Crippen molar-refractivity contribution in [1.82, 2.24) is 0 Å². The second kappa shape index (κ2) is 3.55. The van der Waals surface area contributed by atoms with Crippen LogP contribution in [0.3, 0.4) is 0 Å². The third-order valence-corrected chi connectivity index (χ3v) is 0.555. The van der Waals surface area contributed by atoms with E-state index in [4.69, 9.17) is 9.90 Å². The van der Waals surface area contributed by atoms with Crippen LogP contribution in [0.4, 0.5) is 8.78 Å². The Balaban J connectivity index is 0. The summed E-state index contributed by atoms with van der Waals surface area (Å²) in [5.74, 6) is -2.42. The summed E-state index contributed by atoms with van der Waals surface area (Å²) in [7, 11) is 0. The van der Waals surface area contributed by atoms with Crippen molar-refractivity contribution in [1.29, 1.82) is 0 Å². The maximum atomic E-state index is 11.1. The molecule has 0 radical (unpaired) electrons. The molecule has 0 bridgehead atoms. The van der Waals surface area contributed by atoms with Crippen LogP contribution in [0, 0.1) is 0 Å². The molecule has 0 N–H and O–H groups in total. The fourth-order valence-electron chi connectivity index (χ4n) is 0. The van der Waals surface area contributed by atoms with Gasteiger partial charge in [-0.15, -0.1) is 0 Å². The molecule has 0 fully saturated rings. The topological polar surface area (TPSA) is 40.1 Å². The number of aliphatic carboxylic acids is 1. The summed E-state index contributed by atoms with van der Waals surface area (Å²) in [5.41, 5.74) is 0. The van der Waals surface area contributed by atoms with Gasteiger partial charge in [-0.3, -0.25) is 0 Å². The molecular weight excluding hydrogens is 282 g/mol. The molecule has 0 heterocycles. The van der Waals surface area contributed by atoms with E-state index in [2.05, 4.69) is 0 Å². The summed E-state index contributed by atoms with van der Waals surface area (Å²) in [6.07, 6.45) is 0. The molecule has 0 spiro atoms. The third-order valence-electron chi connectivity index (χ3n) is 0.231. The first-order chi connectivity index (χ1) is 2.94. The molecule has 6 heteroatoms. The number of alkyl halides is 3. The normalized spacial score (nSPS) is 9.88. The number of carboxylic acid groups (broad SMARTS) is 1. The van der Waals surface area contributed by atoms with Gasteiger partial charge in [-0.2, -0.15) is 8.78 Å². The van der Waals surface area contributed by atoms with Gasteiger partial charge < -0.3 is 9.90 Å². The van der Waals surface area contributed by atoms with Crippen molar-refractivity contribution in [2.24, 2.45) is 0 Å². The molecule has 0 saturated carbocycles. The number of halogens is 3. The molecule has 0 aliphatic rings. The van der Waals surface area contributed by atoms with Crippen molar-refractivity contribution in [3.63, 3.8) is 0 Å². The standard InChI is InChI=1S/C2HBrF2O2.Ag/c3-2(4,5)1(6)7;/h(H,6,7);/q;+1/p-1. The van der Waals surface area contributed by atoms with Crippen molar-refractivity contribution >= 4 is 21.9 Å². The van der Waals surface area contributed by atoms with E-state index in [0.717, 1.165) is 0 Å². The maximum Gasteiger partial charge on any atom is 1.00 e. The Kier molecular flexibility index (Phi) is 5.04. The van der Waals surface area contributed by atoms with Crippen molar-refractivity contribution in [3.05, 3.63) is 0 Å². The zero-order valence-electron chi connectivity index (χ0n) is 3.25. The summed E-state index contributed by atoms with van der Waals surface area (Å²) in [6, 6.07) is 0. The average molecular weight is 282 g/mol. The number of carboxylic acids is 1. The fraction of sp³-hybridized carbons (Fsp3) is 0.500. The minimum Gasteiger partial charge on any atom is -0.543 e. The van der Waals surface area contributed by atoms with Crippen LogP contribution in [-0.2, 0) is 27.2 Å². The van der Waals surface area contributed by atoms with Gasteiger partial charge in [0.15, 0.2) is 0 Å². The molecule has 0 atom stereocenters. The zero-order chi connectivity index (χ0) is 6.08. The summed E-state index contributed by atoms with van der Waals surface area (Å²) in [4.78, 5) is 5.23. The second-order valence-electron chi connectivity index (χ2n) is 0.785. The average Bonchev–Trinajstić information content (AvgIpc) is 1.31. The molecule has 2 nitrogen and oxygen atoms in total. The number of rotatable bonds is 1. The second-order valence-corrected chi connectivity index (χ2v) is 1.78. The molecule has 0 amide bonds. The first-order valence-corrected chi connectivity index (χ1v) is 2.02. The molecule has 0 aliphatic carbocycles. The molecule has 8 heavy (non-hydrogen) atoms. The van der Waals surface area contributed by atoms with E-state index in [1.165, 1.54) is 0 Å². The maximum absolute atomic E-state index is 11.1. The number of hydrogen-bond donors (Lipinski definition) is 0. The van der Waals surface area contributed by atoms with E-state index >= 15 is 0 Å². The van der Waals surface area contributed by atoms with Crippen LogP contribution >= 0.6 is 15.9 Å². The predicted molar refractivity (Wildman–Crippen MR) is 18.9 cm³/mol. The summed E-state index contributed by atoms with van der Waals surface area (Å²) < 4.78 is 22.2. The minimum atomic E-state index is -3.88. The smallest absolute Gasteiger partial charge is 0.543 e.